The minimum Gasteiger partial charge on any atom is -0.506 e. The van der Waals surface area contributed by atoms with Gasteiger partial charge in [0.15, 0.2) is 0 Å². The maximum atomic E-state index is 12.6. The van der Waals surface area contributed by atoms with Gasteiger partial charge in [0.05, 0.1) is 15.6 Å². The first-order valence-corrected chi connectivity index (χ1v) is 9.91. The van der Waals surface area contributed by atoms with Gasteiger partial charge in [0.25, 0.3) is 5.91 Å². The van der Waals surface area contributed by atoms with Crippen molar-refractivity contribution in [3.8, 4) is 5.75 Å². The van der Waals surface area contributed by atoms with Gasteiger partial charge in [-0.2, -0.15) is 11.8 Å². The van der Waals surface area contributed by atoms with E-state index in [-0.39, 0.29) is 16.7 Å². The van der Waals surface area contributed by atoms with Crippen molar-refractivity contribution in [1.29, 1.82) is 0 Å². The fourth-order valence-corrected chi connectivity index (χ4v) is 3.07. The molecule has 8 heteroatoms. The number of benzene rings is 2. The zero-order valence-electron chi connectivity index (χ0n) is 14.0. The number of hydrogen-bond donors (Lipinski definition) is 3. The van der Waals surface area contributed by atoms with Gasteiger partial charge < -0.3 is 15.7 Å². The van der Waals surface area contributed by atoms with Crippen LogP contribution in [0, 0.1) is 0 Å². The number of phenolic OH excluding ortho intramolecular Hbond substituents is 1. The van der Waals surface area contributed by atoms with E-state index in [1.807, 2.05) is 6.26 Å². The molecule has 0 fully saturated rings. The van der Waals surface area contributed by atoms with Gasteiger partial charge in [0, 0.05) is 5.69 Å². The Morgan fingerprint density at radius 3 is 2.54 bits per heavy atom. The molecule has 0 aliphatic heterocycles. The van der Waals surface area contributed by atoms with Crippen molar-refractivity contribution < 1.29 is 14.7 Å². The number of nitrogens with one attached hydrogen (secondary N) is 2. The fourth-order valence-electron chi connectivity index (χ4n) is 2.20. The van der Waals surface area contributed by atoms with Crippen molar-refractivity contribution in [2.24, 2.45) is 0 Å². The first kappa shape index (κ1) is 20.4. The fraction of sp³-hybridized carbons (Fsp3) is 0.222. The molecular weight excluding hydrogens is 395 g/mol. The van der Waals surface area contributed by atoms with E-state index in [0.29, 0.717) is 28.4 Å². The second-order valence-electron chi connectivity index (χ2n) is 5.44. The molecule has 26 heavy (non-hydrogen) atoms. The van der Waals surface area contributed by atoms with Gasteiger partial charge in [-0.15, -0.1) is 0 Å². The van der Waals surface area contributed by atoms with Crippen molar-refractivity contribution in [3.63, 3.8) is 0 Å². The lowest BCUT2D eigenvalue weighted by molar-refractivity contribution is -0.118. The molecule has 0 bridgehead atoms. The van der Waals surface area contributed by atoms with Crippen LogP contribution in [-0.2, 0) is 4.79 Å². The number of carbonyl (C=O) groups excluding carboxylic acids is 2. The number of carbonyl (C=O) groups is 2. The van der Waals surface area contributed by atoms with Crippen LogP contribution in [0.5, 0.6) is 5.75 Å². The van der Waals surface area contributed by atoms with Crippen LogP contribution in [-0.4, -0.2) is 35.0 Å². The molecule has 0 saturated carbocycles. The first-order valence-electron chi connectivity index (χ1n) is 7.76. The minimum absolute atomic E-state index is 0.0735. The summed E-state index contributed by atoms with van der Waals surface area (Å²) in [6, 6.07) is 10.3. The van der Waals surface area contributed by atoms with E-state index < -0.39 is 11.9 Å². The van der Waals surface area contributed by atoms with Gasteiger partial charge in [0.2, 0.25) is 5.91 Å². The summed E-state index contributed by atoms with van der Waals surface area (Å²) in [4.78, 5) is 25.1. The number of amides is 2. The Morgan fingerprint density at radius 2 is 1.88 bits per heavy atom. The van der Waals surface area contributed by atoms with Crippen LogP contribution in [0.4, 0.5) is 5.69 Å². The predicted molar refractivity (Wildman–Crippen MR) is 107 cm³/mol. The number of aromatic hydroxyl groups is 1. The summed E-state index contributed by atoms with van der Waals surface area (Å²) >= 11 is 13.5. The first-order chi connectivity index (χ1) is 12.4. The smallest absolute Gasteiger partial charge is 0.253 e. The van der Waals surface area contributed by atoms with Crippen LogP contribution < -0.4 is 10.6 Å². The van der Waals surface area contributed by atoms with E-state index in [0.717, 1.165) is 0 Å². The number of thioether (sulfide) groups is 1. The van der Waals surface area contributed by atoms with E-state index in [4.69, 9.17) is 23.2 Å². The van der Waals surface area contributed by atoms with E-state index in [2.05, 4.69) is 10.6 Å². The third-order valence-electron chi connectivity index (χ3n) is 3.57. The summed E-state index contributed by atoms with van der Waals surface area (Å²) < 4.78 is 0. The average molecular weight is 413 g/mol. The van der Waals surface area contributed by atoms with Crippen LogP contribution in [0.25, 0.3) is 0 Å². The molecule has 0 radical (unpaired) electrons. The molecule has 0 aliphatic carbocycles. The van der Waals surface area contributed by atoms with Crippen LogP contribution in [0.1, 0.15) is 16.8 Å². The number of rotatable bonds is 7. The van der Waals surface area contributed by atoms with Gasteiger partial charge in [-0.05, 0) is 48.8 Å². The molecular formula is C18H18Cl2N2O3S. The average Bonchev–Trinajstić information content (AvgIpc) is 2.61. The second kappa shape index (κ2) is 9.71. The number of anilines is 1. The summed E-state index contributed by atoms with van der Waals surface area (Å²) in [5, 5.41) is 15.3. The van der Waals surface area contributed by atoms with Gasteiger partial charge in [-0.25, -0.2) is 0 Å². The maximum absolute atomic E-state index is 12.6. The number of phenols is 1. The Hall–Kier alpha value is -1.89. The second-order valence-corrected chi connectivity index (χ2v) is 7.24. The highest BCUT2D eigenvalue weighted by atomic mass is 35.5. The topological polar surface area (TPSA) is 78.4 Å². The van der Waals surface area contributed by atoms with Crippen LogP contribution in [0.15, 0.2) is 42.5 Å². The highest BCUT2D eigenvalue weighted by Gasteiger charge is 2.22. The summed E-state index contributed by atoms with van der Waals surface area (Å²) in [5.74, 6) is -0.172. The molecule has 2 amide bonds. The predicted octanol–water partition coefficient (Wildman–Crippen LogP) is 4.19. The monoisotopic (exact) mass is 412 g/mol. The van der Waals surface area contributed by atoms with Crippen LogP contribution >= 0.6 is 35.0 Å². The summed E-state index contributed by atoms with van der Waals surface area (Å²) in [6.07, 6.45) is 2.37. The zero-order chi connectivity index (χ0) is 19.1. The molecule has 2 aromatic rings. The van der Waals surface area contributed by atoms with Gasteiger partial charge in [-0.3, -0.25) is 9.59 Å². The van der Waals surface area contributed by atoms with E-state index in [1.165, 1.54) is 18.2 Å². The minimum atomic E-state index is -0.737. The van der Waals surface area contributed by atoms with Gasteiger partial charge in [0.1, 0.15) is 11.8 Å². The molecule has 3 N–H and O–H groups in total. The molecule has 138 valence electrons. The zero-order valence-corrected chi connectivity index (χ0v) is 16.3. The molecule has 2 aromatic carbocycles. The Kier molecular flexibility index (Phi) is 7.63. The van der Waals surface area contributed by atoms with Crippen molar-refractivity contribution in [2.45, 2.75) is 12.5 Å². The largest absolute Gasteiger partial charge is 0.506 e. The molecule has 0 aromatic heterocycles. The normalized spacial score (nSPS) is 11.7. The molecule has 0 aliphatic rings. The van der Waals surface area contributed by atoms with E-state index >= 15 is 0 Å². The van der Waals surface area contributed by atoms with Crippen molar-refractivity contribution in [2.75, 3.05) is 17.3 Å². The number of hydrogen-bond acceptors (Lipinski definition) is 4. The van der Waals surface area contributed by atoms with Crippen molar-refractivity contribution >= 4 is 52.5 Å². The summed E-state index contributed by atoms with van der Waals surface area (Å²) in [7, 11) is 0. The highest BCUT2D eigenvalue weighted by molar-refractivity contribution is 7.98. The Bertz CT molecular complexity index is 802. The Balaban J connectivity index is 2.12. The van der Waals surface area contributed by atoms with Gasteiger partial charge in [-0.1, -0.05) is 35.3 Å². The summed E-state index contributed by atoms with van der Waals surface area (Å²) in [6.45, 7) is 0. The third kappa shape index (κ3) is 5.56. The molecule has 0 spiro atoms. The lowest BCUT2D eigenvalue weighted by Gasteiger charge is -2.19. The van der Waals surface area contributed by atoms with Crippen molar-refractivity contribution in [3.05, 3.63) is 58.1 Å². The molecule has 0 saturated heterocycles. The maximum Gasteiger partial charge on any atom is 0.253 e. The number of halogens is 2. The molecule has 0 heterocycles. The molecule has 1 atom stereocenters. The Labute approximate surface area is 166 Å². The standard InChI is InChI=1S/C18H18Cl2N2O3S/c1-26-9-8-15(22-17(24)12-4-2-3-5-13(12)19)18(25)21-11-6-7-16(23)14(20)10-11/h2-7,10,15,23H,8-9H2,1H3,(H,21,25)(H,22,24). The molecule has 1 unspecified atom stereocenters. The van der Waals surface area contributed by atoms with E-state index in [9.17, 15) is 14.7 Å². The lowest BCUT2D eigenvalue weighted by atomic mass is 10.1. The van der Waals surface area contributed by atoms with Gasteiger partial charge >= 0.3 is 0 Å². The van der Waals surface area contributed by atoms with Crippen LogP contribution in [0.2, 0.25) is 10.0 Å². The SMILES string of the molecule is CSCCC(NC(=O)c1ccccc1Cl)C(=O)Nc1ccc(O)c(Cl)c1. The van der Waals surface area contributed by atoms with Crippen LogP contribution in [0.3, 0.4) is 0 Å². The highest BCUT2D eigenvalue weighted by Crippen LogP contribution is 2.26. The molecule has 2 rings (SSSR count). The van der Waals surface area contributed by atoms with E-state index in [1.54, 1.807) is 36.0 Å². The quantitative estimate of drug-likeness (QED) is 0.595. The molecule has 5 nitrogen and oxygen atoms in total. The Morgan fingerprint density at radius 1 is 1.15 bits per heavy atom. The van der Waals surface area contributed by atoms with Crippen molar-refractivity contribution in [1.82, 2.24) is 5.32 Å². The third-order valence-corrected chi connectivity index (χ3v) is 4.84. The lowest BCUT2D eigenvalue weighted by Crippen LogP contribution is -2.44. The summed E-state index contributed by atoms with van der Waals surface area (Å²) in [5.41, 5.74) is 0.739.